The molecule has 1 aromatic heterocycles. The molecule has 0 aliphatic rings. The zero-order chi connectivity index (χ0) is 24.5. The molecule has 0 unspecified atom stereocenters. The van der Waals surface area contributed by atoms with Crippen molar-refractivity contribution < 1.29 is 9.53 Å². The number of nitrogens with zero attached hydrogens (tertiary/aromatic N) is 3. The highest BCUT2D eigenvalue weighted by Crippen LogP contribution is 2.18. The highest BCUT2D eigenvalue weighted by Gasteiger charge is 2.18. The van der Waals surface area contributed by atoms with Gasteiger partial charge in [0.05, 0.1) is 6.10 Å². The Morgan fingerprint density at radius 3 is 2.44 bits per heavy atom. The molecule has 0 spiro atoms. The lowest BCUT2D eigenvalue weighted by Gasteiger charge is -2.25. The number of anilines is 1. The third kappa shape index (κ3) is 13.1. The van der Waals surface area contributed by atoms with Crippen LogP contribution in [-0.4, -0.2) is 68.8 Å². The van der Waals surface area contributed by atoms with Crippen LogP contribution in [0.5, 0.6) is 0 Å². The maximum atomic E-state index is 12.1. The number of allylic oxidation sites excluding steroid dienone is 3. The quantitative estimate of drug-likeness (QED) is 0.372. The van der Waals surface area contributed by atoms with Crippen LogP contribution < -0.4 is 10.2 Å². The fraction of sp³-hybridized carbons (Fsp3) is 0.538. The number of pyridine rings is 1. The van der Waals surface area contributed by atoms with Gasteiger partial charge in [0.1, 0.15) is 11.4 Å². The summed E-state index contributed by atoms with van der Waals surface area (Å²) in [6.07, 6.45) is 7.83. The van der Waals surface area contributed by atoms with E-state index in [-0.39, 0.29) is 12.1 Å². The van der Waals surface area contributed by atoms with Crippen molar-refractivity contribution in [2.24, 2.45) is 0 Å². The fourth-order valence-electron chi connectivity index (χ4n) is 2.60. The first-order valence-corrected chi connectivity index (χ1v) is 11.4. The molecule has 0 atom stereocenters. The normalized spacial score (nSPS) is 11.5. The third-order valence-electron chi connectivity index (χ3n) is 4.38. The van der Waals surface area contributed by atoms with Crippen LogP contribution in [0.2, 0.25) is 0 Å². The van der Waals surface area contributed by atoms with E-state index in [0.717, 1.165) is 38.3 Å². The van der Waals surface area contributed by atoms with Crippen molar-refractivity contribution in [3.63, 3.8) is 0 Å². The van der Waals surface area contributed by atoms with E-state index in [0.29, 0.717) is 11.4 Å². The third-order valence-corrected chi connectivity index (χ3v) is 4.38. The number of hydrogen-bond acceptors (Lipinski definition) is 6. The lowest BCUT2D eigenvalue weighted by Crippen LogP contribution is -2.33. The number of esters is 1. The van der Waals surface area contributed by atoms with Crippen LogP contribution in [0.4, 0.5) is 5.82 Å². The van der Waals surface area contributed by atoms with Gasteiger partial charge in [0.25, 0.3) is 0 Å². The zero-order valence-electron chi connectivity index (χ0n) is 21.4. The Morgan fingerprint density at radius 1 is 1.25 bits per heavy atom. The standard InChI is InChI=1S/C15H25N3O2.C11H19N/c1-6-18(11-10-17(4)5)14-13(8-7-9-16-14)15(19)20-12(2)3;1-5-11(9-12-6-2)8-7-10(3)4/h7-9,12H,6,10-11H2,1-5H3;5,7-8,12H,3,6,9H2,1-2,4H3/b;8-7-,11-5+. The molecular formula is C26H44N4O2. The number of nitrogens with one attached hydrogen (secondary N) is 1. The summed E-state index contributed by atoms with van der Waals surface area (Å²) in [6.45, 7) is 20.2. The molecule has 1 N–H and O–H groups in total. The summed E-state index contributed by atoms with van der Waals surface area (Å²) in [7, 11) is 4.06. The lowest BCUT2D eigenvalue weighted by molar-refractivity contribution is 0.0378. The van der Waals surface area contributed by atoms with Crippen LogP contribution in [0.3, 0.4) is 0 Å². The van der Waals surface area contributed by atoms with Crippen molar-refractivity contribution in [3.05, 3.63) is 59.8 Å². The molecule has 32 heavy (non-hydrogen) atoms. The average Bonchev–Trinajstić information content (AvgIpc) is 2.74. The van der Waals surface area contributed by atoms with E-state index in [1.807, 2.05) is 40.9 Å². The minimum Gasteiger partial charge on any atom is -0.459 e. The molecule has 0 fully saturated rings. The molecule has 0 radical (unpaired) electrons. The van der Waals surface area contributed by atoms with Crippen molar-refractivity contribution >= 4 is 11.8 Å². The molecule has 0 saturated heterocycles. The first-order valence-electron chi connectivity index (χ1n) is 11.4. The van der Waals surface area contributed by atoms with Gasteiger partial charge in [-0.3, -0.25) is 0 Å². The van der Waals surface area contributed by atoms with Gasteiger partial charge in [0.2, 0.25) is 0 Å². The number of likely N-dealkylation sites (N-methyl/N-ethyl adjacent to an activating group) is 3. The van der Waals surface area contributed by atoms with Gasteiger partial charge in [-0.25, -0.2) is 9.78 Å². The van der Waals surface area contributed by atoms with Gasteiger partial charge in [-0.15, -0.1) is 0 Å². The molecule has 180 valence electrons. The van der Waals surface area contributed by atoms with E-state index in [1.54, 1.807) is 18.3 Å². The summed E-state index contributed by atoms with van der Waals surface area (Å²) in [4.78, 5) is 20.7. The molecular weight excluding hydrogens is 400 g/mol. The topological polar surface area (TPSA) is 57.7 Å². The van der Waals surface area contributed by atoms with Crippen LogP contribution in [0.25, 0.3) is 0 Å². The summed E-state index contributed by atoms with van der Waals surface area (Å²) in [5, 5.41) is 3.27. The Labute approximate surface area is 196 Å². The first-order chi connectivity index (χ1) is 15.2. The van der Waals surface area contributed by atoms with Gasteiger partial charge in [0.15, 0.2) is 0 Å². The lowest BCUT2D eigenvalue weighted by atomic mass is 10.2. The van der Waals surface area contributed by atoms with Crippen molar-refractivity contribution in [1.82, 2.24) is 15.2 Å². The number of hydrogen-bond donors (Lipinski definition) is 1. The van der Waals surface area contributed by atoms with Gasteiger partial charge in [-0.2, -0.15) is 0 Å². The summed E-state index contributed by atoms with van der Waals surface area (Å²) >= 11 is 0. The van der Waals surface area contributed by atoms with E-state index < -0.39 is 0 Å². The van der Waals surface area contributed by atoms with E-state index in [4.69, 9.17) is 4.74 Å². The van der Waals surface area contributed by atoms with Gasteiger partial charge in [-0.05, 0) is 73.0 Å². The van der Waals surface area contributed by atoms with Gasteiger partial charge in [0, 0.05) is 32.4 Å². The van der Waals surface area contributed by atoms with Crippen molar-refractivity contribution in [2.45, 2.75) is 47.6 Å². The van der Waals surface area contributed by atoms with Crippen LogP contribution >= 0.6 is 0 Å². The summed E-state index contributed by atoms with van der Waals surface area (Å²) in [5.41, 5.74) is 2.92. The second kappa shape index (κ2) is 17.2. The number of rotatable bonds is 12. The van der Waals surface area contributed by atoms with Crippen molar-refractivity contribution in [3.8, 4) is 0 Å². The van der Waals surface area contributed by atoms with Crippen LogP contribution in [0, 0.1) is 0 Å². The monoisotopic (exact) mass is 444 g/mol. The predicted molar refractivity (Wildman–Crippen MR) is 137 cm³/mol. The molecule has 6 nitrogen and oxygen atoms in total. The first kappa shape index (κ1) is 29.6. The van der Waals surface area contributed by atoms with E-state index in [1.165, 1.54) is 5.57 Å². The largest absolute Gasteiger partial charge is 0.459 e. The highest BCUT2D eigenvalue weighted by atomic mass is 16.5. The maximum absolute atomic E-state index is 12.1. The Morgan fingerprint density at radius 2 is 1.94 bits per heavy atom. The summed E-state index contributed by atoms with van der Waals surface area (Å²) in [6, 6.07) is 3.53. The Kier molecular flexibility index (Phi) is 15.8. The second-order valence-corrected chi connectivity index (χ2v) is 8.04. The van der Waals surface area contributed by atoms with E-state index in [9.17, 15) is 4.79 Å². The zero-order valence-corrected chi connectivity index (χ0v) is 21.4. The molecule has 1 aromatic rings. The molecule has 0 aliphatic heterocycles. The summed E-state index contributed by atoms with van der Waals surface area (Å²) in [5.74, 6) is 0.383. The van der Waals surface area contributed by atoms with Gasteiger partial charge >= 0.3 is 5.97 Å². The van der Waals surface area contributed by atoms with Gasteiger partial charge in [-0.1, -0.05) is 37.3 Å². The van der Waals surface area contributed by atoms with Crippen LogP contribution in [-0.2, 0) is 4.74 Å². The Hall–Kier alpha value is -2.44. The maximum Gasteiger partial charge on any atom is 0.342 e. The van der Waals surface area contributed by atoms with Crippen molar-refractivity contribution in [2.75, 3.05) is 51.7 Å². The predicted octanol–water partition coefficient (Wildman–Crippen LogP) is 4.71. The average molecular weight is 445 g/mol. The SMILES string of the molecule is C=C(C)/C=C\C(=C/C)CNCC.CCN(CCN(C)C)c1ncccc1C(=O)OC(C)C. The molecule has 0 aromatic carbocycles. The summed E-state index contributed by atoms with van der Waals surface area (Å²) < 4.78 is 5.28. The minimum absolute atomic E-state index is 0.132. The Bertz CT molecular complexity index is 739. The van der Waals surface area contributed by atoms with E-state index >= 15 is 0 Å². The molecule has 0 amide bonds. The molecule has 0 saturated carbocycles. The molecule has 6 heteroatoms. The highest BCUT2D eigenvalue weighted by molar-refractivity contribution is 5.94. The number of carbonyl (C=O) groups is 1. The van der Waals surface area contributed by atoms with Gasteiger partial charge < -0.3 is 19.9 Å². The van der Waals surface area contributed by atoms with E-state index in [2.05, 4.69) is 59.6 Å². The molecule has 1 rings (SSSR count). The molecule has 1 heterocycles. The van der Waals surface area contributed by atoms with Crippen LogP contribution in [0.15, 0.2) is 54.3 Å². The number of ether oxygens (including phenoxy) is 1. The minimum atomic E-state index is -0.314. The smallest absolute Gasteiger partial charge is 0.342 e. The molecule has 0 bridgehead atoms. The van der Waals surface area contributed by atoms with Crippen LogP contribution in [0.1, 0.15) is 51.9 Å². The van der Waals surface area contributed by atoms with Crippen molar-refractivity contribution in [1.29, 1.82) is 0 Å². The number of carbonyl (C=O) groups excluding carboxylic acids is 1. The molecule has 0 aliphatic carbocycles. The Balaban J connectivity index is 0.000000687. The number of aromatic nitrogens is 1. The second-order valence-electron chi connectivity index (χ2n) is 8.04. The fourth-order valence-corrected chi connectivity index (χ4v) is 2.60.